The number of hydrogen-bond donors (Lipinski definition) is 3. The van der Waals surface area contributed by atoms with Gasteiger partial charge in [0.15, 0.2) is 5.96 Å². The van der Waals surface area contributed by atoms with E-state index in [0.717, 1.165) is 22.0 Å². The number of aromatic nitrogens is 1. The number of nitrogens with one attached hydrogen (secondary N) is 3. The van der Waals surface area contributed by atoms with Gasteiger partial charge >= 0.3 is 6.18 Å². The van der Waals surface area contributed by atoms with E-state index in [-0.39, 0.29) is 36.4 Å². The van der Waals surface area contributed by atoms with Crippen molar-refractivity contribution in [2.75, 3.05) is 20.2 Å². The number of nitrogens with zero attached hydrogens (tertiary/aromatic N) is 1. The van der Waals surface area contributed by atoms with E-state index >= 15 is 0 Å². The van der Waals surface area contributed by atoms with Crippen molar-refractivity contribution in [2.24, 2.45) is 4.99 Å². The molecule has 0 spiro atoms. The van der Waals surface area contributed by atoms with Crippen LogP contribution in [-0.4, -0.2) is 37.3 Å². The number of H-pyrrole nitrogens is 1. The Balaban J connectivity index is 0.00000363. The highest BCUT2D eigenvalue weighted by Crippen LogP contribution is 2.19. The average Bonchev–Trinajstić information content (AvgIpc) is 3.12. The van der Waals surface area contributed by atoms with Crippen LogP contribution >= 0.6 is 24.0 Å². The van der Waals surface area contributed by atoms with Gasteiger partial charge in [-0.05, 0) is 41.3 Å². The average molecular weight is 564 g/mol. The maximum Gasteiger partial charge on any atom is 0.411 e. The predicted molar refractivity (Wildman–Crippen MR) is 128 cm³/mol. The van der Waals surface area contributed by atoms with E-state index < -0.39 is 12.8 Å². The van der Waals surface area contributed by atoms with Crippen molar-refractivity contribution < 1.29 is 22.3 Å². The Morgan fingerprint density at radius 1 is 1.06 bits per heavy atom. The summed E-state index contributed by atoms with van der Waals surface area (Å²) >= 11 is 0. The molecular weight excluding hydrogens is 539 g/mol. The highest BCUT2D eigenvalue weighted by atomic mass is 127. The van der Waals surface area contributed by atoms with Gasteiger partial charge in [-0.3, -0.25) is 4.99 Å². The van der Waals surface area contributed by atoms with Gasteiger partial charge in [0.1, 0.15) is 12.4 Å². The van der Waals surface area contributed by atoms with E-state index in [1.54, 1.807) is 25.2 Å². The fourth-order valence-corrected chi connectivity index (χ4v) is 3.12. The summed E-state index contributed by atoms with van der Waals surface area (Å²) in [6.07, 6.45) is -1.75. The summed E-state index contributed by atoms with van der Waals surface area (Å²) in [6.45, 7) is -0.236. The molecule has 0 bridgehead atoms. The molecule has 3 N–H and O–H groups in total. The number of aliphatic imine (C=N–C) groups is 1. The van der Waals surface area contributed by atoms with Crippen LogP contribution in [0.3, 0.4) is 0 Å². The Labute approximate surface area is 200 Å². The second-order valence-corrected chi connectivity index (χ2v) is 7.03. The molecule has 2 aromatic carbocycles. The first-order chi connectivity index (χ1) is 14.8. The minimum atomic E-state index is -4.32. The van der Waals surface area contributed by atoms with Gasteiger partial charge in [0.25, 0.3) is 0 Å². The van der Waals surface area contributed by atoms with Gasteiger partial charge < -0.3 is 20.4 Å². The summed E-state index contributed by atoms with van der Waals surface area (Å²) in [5, 5.41) is 7.27. The first-order valence-corrected chi connectivity index (χ1v) is 9.76. The predicted octanol–water partition coefficient (Wildman–Crippen LogP) is 4.91. The van der Waals surface area contributed by atoms with E-state index in [1.165, 1.54) is 12.1 Å². The number of hydrogen-bond acceptors (Lipinski definition) is 2. The second-order valence-electron chi connectivity index (χ2n) is 7.03. The summed E-state index contributed by atoms with van der Waals surface area (Å²) in [5.74, 6) is 0.348. The smallest absolute Gasteiger partial charge is 0.367 e. The number of ether oxygens (including phenoxy) is 1. The molecule has 0 aliphatic heterocycles. The summed E-state index contributed by atoms with van der Waals surface area (Å²) in [6, 6.07) is 11.8. The zero-order valence-electron chi connectivity index (χ0n) is 17.4. The Bertz CT molecular complexity index is 1020. The summed E-state index contributed by atoms with van der Waals surface area (Å²) in [7, 11) is 1.66. The molecule has 1 aromatic heterocycles. The fourth-order valence-electron chi connectivity index (χ4n) is 3.12. The molecule has 0 saturated carbocycles. The molecule has 0 saturated heterocycles. The SMILES string of the molecule is CN=C(NCCc1c[nH]c2ccc(F)cc12)NCc1ccc(COCC(F)(F)F)cc1.I. The number of halogens is 5. The molecule has 32 heavy (non-hydrogen) atoms. The zero-order chi connectivity index (χ0) is 22.3. The molecule has 0 aliphatic carbocycles. The molecule has 0 fully saturated rings. The van der Waals surface area contributed by atoms with E-state index in [4.69, 9.17) is 0 Å². The fraction of sp³-hybridized carbons (Fsp3) is 0.318. The lowest BCUT2D eigenvalue weighted by molar-refractivity contribution is -0.176. The van der Waals surface area contributed by atoms with Crippen LogP contribution in [0.1, 0.15) is 16.7 Å². The minimum absolute atomic E-state index is 0. The molecule has 10 heteroatoms. The number of aromatic amines is 1. The number of alkyl halides is 3. The Hall–Kier alpha value is -2.34. The van der Waals surface area contributed by atoms with Gasteiger partial charge in [0.05, 0.1) is 6.61 Å². The van der Waals surface area contributed by atoms with Crippen LogP contribution in [0.15, 0.2) is 53.7 Å². The van der Waals surface area contributed by atoms with Crippen molar-refractivity contribution in [3.8, 4) is 0 Å². The quantitative estimate of drug-likeness (QED) is 0.158. The normalized spacial score (nSPS) is 12.0. The summed E-state index contributed by atoms with van der Waals surface area (Å²) in [5.41, 5.74) is 3.53. The van der Waals surface area contributed by atoms with Crippen LogP contribution in [-0.2, 0) is 24.3 Å². The Morgan fingerprint density at radius 3 is 2.47 bits per heavy atom. The minimum Gasteiger partial charge on any atom is -0.367 e. The molecular formula is C22H25F4IN4O. The maximum absolute atomic E-state index is 13.5. The summed E-state index contributed by atoms with van der Waals surface area (Å²) < 4.78 is 54.5. The van der Waals surface area contributed by atoms with E-state index in [9.17, 15) is 17.6 Å². The third-order valence-corrected chi connectivity index (χ3v) is 4.66. The molecule has 0 radical (unpaired) electrons. The highest BCUT2D eigenvalue weighted by molar-refractivity contribution is 14.0. The lowest BCUT2D eigenvalue weighted by Crippen LogP contribution is -2.37. The van der Waals surface area contributed by atoms with E-state index in [0.29, 0.717) is 31.0 Å². The molecule has 174 valence electrons. The molecule has 0 amide bonds. The van der Waals surface area contributed by atoms with Crippen LogP contribution in [0.2, 0.25) is 0 Å². The Morgan fingerprint density at radius 2 is 1.78 bits per heavy atom. The molecule has 5 nitrogen and oxygen atoms in total. The topological polar surface area (TPSA) is 61.4 Å². The molecule has 3 aromatic rings. The van der Waals surface area contributed by atoms with Gasteiger partial charge in [-0.15, -0.1) is 24.0 Å². The number of benzene rings is 2. The number of rotatable bonds is 8. The molecule has 3 rings (SSSR count). The van der Waals surface area contributed by atoms with Crippen LogP contribution in [0.4, 0.5) is 17.6 Å². The first-order valence-electron chi connectivity index (χ1n) is 9.76. The third kappa shape index (κ3) is 7.97. The third-order valence-electron chi connectivity index (χ3n) is 4.66. The Kier molecular flexibility index (Phi) is 9.76. The molecule has 1 heterocycles. The van der Waals surface area contributed by atoms with Gasteiger partial charge in [-0.2, -0.15) is 13.2 Å². The molecule has 0 unspecified atom stereocenters. The first kappa shape index (κ1) is 25.9. The van der Waals surface area contributed by atoms with Crippen molar-refractivity contribution >= 4 is 40.8 Å². The number of fused-ring (bicyclic) bond motifs is 1. The van der Waals surface area contributed by atoms with Gasteiger partial charge in [0, 0.05) is 37.2 Å². The number of guanidine groups is 1. The van der Waals surface area contributed by atoms with Gasteiger partial charge in [-0.25, -0.2) is 4.39 Å². The van der Waals surface area contributed by atoms with Crippen molar-refractivity contribution in [1.29, 1.82) is 0 Å². The van der Waals surface area contributed by atoms with Crippen molar-refractivity contribution in [3.05, 3.63) is 71.2 Å². The van der Waals surface area contributed by atoms with Crippen LogP contribution in [0, 0.1) is 5.82 Å². The maximum atomic E-state index is 13.5. The van der Waals surface area contributed by atoms with Crippen LogP contribution in [0.5, 0.6) is 0 Å². The van der Waals surface area contributed by atoms with Gasteiger partial charge in [0.2, 0.25) is 0 Å². The van der Waals surface area contributed by atoms with E-state index in [1.807, 2.05) is 18.3 Å². The zero-order valence-corrected chi connectivity index (χ0v) is 19.8. The van der Waals surface area contributed by atoms with Crippen molar-refractivity contribution in [1.82, 2.24) is 15.6 Å². The van der Waals surface area contributed by atoms with E-state index in [2.05, 4.69) is 25.3 Å². The van der Waals surface area contributed by atoms with Crippen LogP contribution in [0.25, 0.3) is 10.9 Å². The largest absolute Gasteiger partial charge is 0.411 e. The second kappa shape index (κ2) is 12.0. The lowest BCUT2D eigenvalue weighted by atomic mass is 10.1. The van der Waals surface area contributed by atoms with Crippen LogP contribution < -0.4 is 10.6 Å². The lowest BCUT2D eigenvalue weighted by Gasteiger charge is -2.12. The summed E-state index contributed by atoms with van der Waals surface area (Å²) in [4.78, 5) is 7.31. The highest BCUT2D eigenvalue weighted by Gasteiger charge is 2.27. The van der Waals surface area contributed by atoms with Gasteiger partial charge in [-0.1, -0.05) is 24.3 Å². The van der Waals surface area contributed by atoms with Crippen molar-refractivity contribution in [2.45, 2.75) is 25.7 Å². The molecule has 0 atom stereocenters. The van der Waals surface area contributed by atoms with Crippen molar-refractivity contribution in [3.63, 3.8) is 0 Å². The molecule has 0 aliphatic rings. The monoisotopic (exact) mass is 564 g/mol. The standard InChI is InChI=1S/C22H24F4N4O.HI/c1-27-21(28-9-8-17-12-29-20-7-6-18(23)10-19(17)20)30-11-15-2-4-16(5-3-15)13-31-14-22(24,25)26;/h2-7,10,12,29H,8-9,11,13-14H2,1H3,(H2,27,28,30);1H.